The zero-order valence-electron chi connectivity index (χ0n) is 12.2. The topological polar surface area (TPSA) is 58.6 Å². The number of cyclic esters (lactones) is 1. The Bertz CT molecular complexity index is 688. The van der Waals surface area contributed by atoms with E-state index < -0.39 is 0 Å². The average molecular weight is 395 g/mol. The fourth-order valence-corrected chi connectivity index (χ4v) is 3.30. The van der Waals surface area contributed by atoms with Crippen LogP contribution >= 0.6 is 27.3 Å². The number of hydrogen-bond donors (Lipinski definition) is 1. The molecule has 7 heteroatoms. The third-order valence-corrected chi connectivity index (χ3v) is 4.87. The van der Waals surface area contributed by atoms with Crippen molar-refractivity contribution in [1.82, 2.24) is 5.32 Å². The number of halogens is 1. The molecule has 0 bridgehead atoms. The highest BCUT2D eigenvalue weighted by atomic mass is 79.9. The van der Waals surface area contributed by atoms with Crippen LogP contribution in [0.1, 0.15) is 5.56 Å². The molecule has 5 nitrogen and oxygen atoms in total. The lowest BCUT2D eigenvalue weighted by Crippen LogP contribution is -2.35. The summed E-state index contributed by atoms with van der Waals surface area (Å²) in [6, 6.07) is 11.4. The number of carbonyl (C=O) groups is 2. The quantitative estimate of drug-likeness (QED) is 0.846. The van der Waals surface area contributed by atoms with E-state index in [1.165, 1.54) is 11.3 Å². The molecular formula is C16H15BrN2O3S. The molecule has 1 aromatic carbocycles. The Labute approximate surface area is 146 Å². The van der Waals surface area contributed by atoms with Crippen LogP contribution in [0.15, 0.2) is 46.3 Å². The van der Waals surface area contributed by atoms with Gasteiger partial charge in [0.15, 0.2) is 0 Å². The van der Waals surface area contributed by atoms with Crippen LogP contribution in [0.2, 0.25) is 0 Å². The van der Waals surface area contributed by atoms with Gasteiger partial charge in [-0.3, -0.25) is 9.69 Å². The molecule has 1 aliphatic rings. The maximum absolute atomic E-state index is 12.0. The third-order valence-electron chi connectivity index (χ3n) is 3.45. The van der Waals surface area contributed by atoms with Crippen molar-refractivity contribution in [1.29, 1.82) is 0 Å². The maximum atomic E-state index is 12.0. The van der Waals surface area contributed by atoms with Gasteiger partial charge < -0.3 is 10.1 Å². The van der Waals surface area contributed by atoms with Gasteiger partial charge >= 0.3 is 6.09 Å². The van der Waals surface area contributed by atoms with Gasteiger partial charge in [-0.2, -0.15) is 0 Å². The predicted molar refractivity (Wildman–Crippen MR) is 92.8 cm³/mol. The highest BCUT2D eigenvalue weighted by Gasteiger charge is 2.32. The number of amides is 2. The second-order valence-electron chi connectivity index (χ2n) is 5.17. The molecule has 0 saturated carbocycles. The summed E-state index contributed by atoms with van der Waals surface area (Å²) in [5.74, 6) is -0.0852. The number of anilines is 1. The Balaban J connectivity index is 1.48. The molecule has 2 aromatic rings. The number of benzene rings is 1. The summed E-state index contributed by atoms with van der Waals surface area (Å²) in [4.78, 5) is 25.4. The van der Waals surface area contributed by atoms with Gasteiger partial charge in [-0.05, 0) is 35.2 Å². The molecule has 1 aliphatic heterocycles. The van der Waals surface area contributed by atoms with Crippen molar-refractivity contribution in [3.63, 3.8) is 0 Å². The molecule has 1 atom stereocenters. The number of carbonyl (C=O) groups excluding carboxylic acids is 2. The smallest absolute Gasteiger partial charge is 0.415 e. The first-order valence-electron chi connectivity index (χ1n) is 7.14. The summed E-state index contributed by atoms with van der Waals surface area (Å²) in [6.07, 6.45) is -0.374. The maximum Gasteiger partial charge on any atom is 0.415 e. The monoisotopic (exact) mass is 394 g/mol. The predicted octanol–water partition coefficient (Wildman–Crippen LogP) is 3.19. The normalized spacial score (nSPS) is 17.2. The summed E-state index contributed by atoms with van der Waals surface area (Å²) in [7, 11) is 0. The molecule has 1 saturated heterocycles. The minimum Gasteiger partial charge on any atom is -0.442 e. The zero-order valence-corrected chi connectivity index (χ0v) is 14.6. The standard InChI is InChI=1S/C16H15BrN2O3S/c17-12-5-3-11(4-6-12)8-14(20)18-9-13-10-19(16(21)22-13)15-2-1-7-23-15/h1-7,13H,8-10H2,(H,18,20). The second-order valence-corrected chi connectivity index (χ2v) is 7.02. The van der Waals surface area contributed by atoms with Crippen LogP contribution in [0.25, 0.3) is 0 Å². The van der Waals surface area contributed by atoms with Crippen molar-refractivity contribution in [2.24, 2.45) is 0 Å². The molecule has 120 valence electrons. The first-order chi connectivity index (χ1) is 11.1. The van der Waals surface area contributed by atoms with E-state index in [0.717, 1.165) is 15.0 Å². The van der Waals surface area contributed by atoms with Crippen molar-refractivity contribution in [3.8, 4) is 0 Å². The first kappa shape index (κ1) is 16.0. The highest BCUT2D eigenvalue weighted by molar-refractivity contribution is 9.10. The van der Waals surface area contributed by atoms with Gasteiger partial charge in [-0.1, -0.05) is 28.1 Å². The fraction of sp³-hybridized carbons (Fsp3) is 0.250. The van der Waals surface area contributed by atoms with Crippen molar-refractivity contribution in [2.75, 3.05) is 18.0 Å². The fourth-order valence-electron chi connectivity index (χ4n) is 2.31. The van der Waals surface area contributed by atoms with Crippen LogP contribution in [-0.4, -0.2) is 31.2 Å². The van der Waals surface area contributed by atoms with Gasteiger partial charge in [0.2, 0.25) is 5.91 Å². The van der Waals surface area contributed by atoms with Crippen LogP contribution in [0.5, 0.6) is 0 Å². The van der Waals surface area contributed by atoms with Gasteiger partial charge in [0.05, 0.1) is 19.5 Å². The van der Waals surface area contributed by atoms with Gasteiger partial charge in [0.25, 0.3) is 0 Å². The van der Waals surface area contributed by atoms with Crippen LogP contribution in [-0.2, 0) is 16.0 Å². The molecule has 23 heavy (non-hydrogen) atoms. The summed E-state index contributed by atoms with van der Waals surface area (Å²) in [5, 5.41) is 5.60. The second kappa shape index (κ2) is 7.14. The van der Waals surface area contributed by atoms with E-state index in [1.54, 1.807) is 4.90 Å². The zero-order chi connectivity index (χ0) is 16.2. The summed E-state index contributed by atoms with van der Waals surface area (Å²) >= 11 is 4.85. The van der Waals surface area contributed by atoms with E-state index in [1.807, 2.05) is 41.8 Å². The average Bonchev–Trinajstić information content (AvgIpc) is 3.17. The van der Waals surface area contributed by atoms with Gasteiger partial charge in [0.1, 0.15) is 11.1 Å². The SMILES string of the molecule is O=C(Cc1ccc(Br)cc1)NCC1CN(c2cccs2)C(=O)O1. The van der Waals surface area contributed by atoms with E-state index >= 15 is 0 Å². The van der Waals surface area contributed by atoms with E-state index in [2.05, 4.69) is 21.2 Å². The van der Waals surface area contributed by atoms with Crippen LogP contribution in [0, 0.1) is 0 Å². The molecule has 3 rings (SSSR count). The number of rotatable bonds is 5. The Morgan fingerprint density at radius 1 is 1.35 bits per heavy atom. The molecule has 0 spiro atoms. The van der Waals surface area contributed by atoms with Crippen molar-refractivity contribution >= 4 is 44.3 Å². The molecular weight excluding hydrogens is 380 g/mol. The molecule has 1 unspecified atom stereocenters. The van der Waals surface area contributed by atoms with E-state index in [4.69, 9.17) is 4.74 Å². The summed E-state index contributed by atoms with van der Waals surface area (Å²) in [6.45, 7) is 0.779. The summed E-state index contributed by atoms with van der Waals surface area (Å²) < 4.78 is 6.27. The molecule has 1 aromatic heterocycles. The Morgan fingerprint density at radius 3 is 2.83 bits per heavy atom. The van der Waals surface area contributed by atoms with Gasteiger partial charge in [-0.25, -0.2) is 4.79 Å². The lowest BCUT2D eigenvalue weighted by Gasteiger charge is -2.11. The number of ether oxygens (including phenoxy) is 1. The number of thiophene rings is 1. The van der Waals surface area contributed by atoms with E-state index in [9.17, 15) is 9.59 Å². The van der Waals surface area contributed by atoms with Crippen LogP contribution in [0.4, 0.5) is 9.80 Å². The van der Waals surface area contributed by atoms with Crippen molar-refractivity contribution in [2.45, 2.75) is 12.5 Å². The molecule has 2 amide bonds. The number of nitrogens with one attached hydrogen (secondary N) is 1. The largest absolute Gasteiger partial charge is 0.442 e. The van der Waals surface area contributed by atoms with Crippen LogP contribution in [0.3, 0.4) is 0 Å². The van der Waals surface area contributed by atoms with E-state index in [0.29, 0.717) is 19.5 Å². The lowest BCUT2D eigenvalue weighted by molar-refractivity contribution is -0.120. The molecule has 0 radical (unpaired) electrons. The van der Waals surface area contributed by atoms with Gasteiger partial charge in [-0.15, -0.1) is 11.3 Å². The molecule has 1 N–H and O–H groups in total. The number of nitrogens with zero attached hydrogens (tertiary/aromatic N) is 1. The lowest BCUT2D eigenvalue weighted by atomic mass is 10.1. The van der Waals surface area contributed by atoms with Crippen molar-refractivity contribution in [3.05, 3.63) is 51.8 Å². The molecule has 1 fully saturated rings. The van der Waals surface area contributed by atoms with Gasteiger partial charge in [0, 0.05) is 4.47 Å². The molecule has 2 heterocycles. The number of hydrogen-bond acceptors (Lipinski definition) is 4. The minimum atomic E-state index is -0.361. The van der Waals surface area contributed by atoms with Crippen molar-refractivity contribution < 1.29 is 14.3 Å². The minimum absolute atomic E-state index is 0.0852. The Kier molecular flexibility index (Phi) is 4.97. The first-order valence-corrected chi connectivity index (χ1v) is 8.82. The van der Waals surface area contributed by atoms with Crippen LogP contribution < -0.4 is 10.2 Å². The molecule has 0 aliphatic carbocycles. The van der Waals surface area contributed by atoms with E-state index in [-0.39, 0.29) is 18.1 Å². The Morgan fingerprint density at radius 2 is 2.13 bits per heavy atom. The third kappa shape index (κ3) is 4.11. The highest BCUT2D eigenvalue weighted by Crippen LogP contribution is 2.26. The summed E-state index contributed by atoms with van der Waals surface area (Å²) in [5.41, 5.74) is 0.939. The Hall–Kier alpha value is -1.86.